The van der Waals surface area contributed by atoms with E-state index in [0.29, 0.717) is 28.4 Å². The fourth-order valence-corrected chi connectivity index (χ4v) is 3.63. The lowest BCUT2D eigenvalue weighted by molar-refractivity contribution is 0.0532. The van der Waals surface area contributed by atoms with E-state index in [9.17, 15) is 9.59 Å². The minimum Gasteiger partial charge on any atom is -0.462 e. The van der Waals surface area contributed by atoms with Crippen molar-refractivity contribution in [3.63, 3.8) is 0 Å². The van der Waals surface area contributed by atoms with Gasteiger partial charge in [0.25, 0.3) is 5.91 Å². The second-order valence-electron chi connectivity index (χ2n) is 5.84. The second kappa shape index (κ2) is 7.57. The van der Waals surface area contributed by atoms with E-state index >= 15 is 0 Å². The molecule has 9 heteroatoms. The summed E-state index contributed by atoms with van der Waals surface area (Å²) < 4.78 is 7.46. The van der Waals surface area contributed by atoms with E-state index in [4.69, 9.17) is 4.74 Å². The summed E-state index contributed by atoms with van der Waals surface area (Å²) in [4.78, 5) is 25.1. The molecule has 0 bridgehead atoms. The maximum absolute atomic E-state index is 12.6. The minimum absolute atomic E-state index is 0.255. The zero-order valence-electron chi connectivity index (χ0n) is 14.8. The lowest BCUT2D eigenvalue weighted by Gasteiger charge is -2.07. The van der Waals surface area contributed by atoms with Gasteiger partial charge in [0.2, 0.25) is 0 Å². The predicted molar refractivity (Wildman–Crippen MR) is 105 cm³/mol. The van der Waals surface area contributed by atoms with E-state index in [1.54, 1.807) is 37.3 Å². The van der Waals surface area contributed by atoms with E-state index in [-0.39, 0.29) is 11.9 Å². The molecule has 0 aliphatic rings. The molecular weight excluding hydrogens is 378 g/mol. The molecule has 140 valence electrons. The summed E-state index contributed by atoms with van der Waals surface area (Å²) in [6.07, 6.45) is 1.46. The Bertz CT molecular complexity index is 1150. The Labute approximate surface area is 163 Å². The van der Waals surface area contributed by atoms with Crippen molar-refractivity contribution in [3.8, 4) is 5.69 Å². The molecule has 0 saturated heterocycles. The quantitative estimate of drug-likeness (QED) is 0.522. The van der Waals surface area contributed by atoms with Crippen molar-refractivity contribution in [1.29, 1.82) is 0 Å². The van der Waals surface area contributed by atoms with E-state index in [1.165, 1.54) is 22.3 Å². The Morgan fingerprint density at radius 3 is 2.86 bits per heavy atom. The van der Waals surface area contributed by atoms with Crippen molar-refractivity contribution in [2.75, 3.05) is 11.9 Å². The summed E-state index contributed by atoms with van der Waals surface area (Å²) in [6, 6.07) is 14.3. The molecule has 4 aromatic rings. The predicted octanol–water partition coefficient (Wildman–Crippen LogP) is 3.31. The molecule has 1 N–H and O–H groups in total. The van der Waals surface area contributed by atoms with Crippen molar-refractivity contribution in [1.82, 2.24) is 20.2 Å². The third-order valence-corrected chi connectivity index (χ3v) is 5.07. The van der Waals surface area contributed by atoms with Gasteiger partial charge in [0, 0.05) is 16.0 Å². The van der Waals surface area contributed by atoms with Crippen LogP contribution in [-0.2, 0) is 4.74 Å². The number of ether oxygens (including phenoxy) is 1. The molecule has 0 aliphatic heterocycles. The summed E-state index contributed by atoms with van der Waals surface area (Å²) in [5.74, 6) is -0.594. The SMILES string of the molecule is CCOC(=O)c1cc2cc(NC(=O)c3cccc(-n4cnnn4)c3)ccc2s1. The maximum atomic E-state index is 12.6. The normalized spacial score (nSPS) is 10.8. The van der Waals surface area contributed by atoms with E-state index < -0.39 is 0 Å². The summed E-state index contributed by atoms with van der Waals surface area (Å²) in [5.41, 5.74) is 1.80. The average molecular weight is 393 g/mol. The first-order valence-corrected chi connectivity index (χ1v) is 9.31. The number of nitrogens with one attached hydrogen (secondary N) is 1. The highest BCUT2D eigenvalue weighted by molar-refractivity contribution is 7.20. The number of thiophene rings is 1. The molecule has 2 aromatic heterocycles. The van der Waals surface area contributed by atoms with Gasteiger partial charge in [-0.3, -0.25) is 4.79 Å². The van der Waals surface area contributed by atoms with Crippen LogP contribution in [-0.4, -0.2) is 38.7 Å². The van der Waals surface area contributed by atoms with Crippen molar-refractivity contribution in [2.24, 2.45) is 0 Å². The van der Waals surface area contributed by atoms with Gasteiger partial charge in [-0.15, -0.1) is 16.4 Å². The lowest BCUT2D eigenvalue weighted by atomic mass is 10.1. The molecule has 0 saturated carbocycles. The summed E-state index contributed by atoms with van der Waals surface area (Å²) in [5, 5.41) is 14.8. The summed E-state index contributed by atoms with van der Waals surface area (Å²) in [6.45, 7) is 2.10. The zero-order chi connectivity index (χ0) is 19.5. The van der Waals surface area contributed by atoms with Crippen LogP contribution in [0.1, 0.15) is 27.0 Å². The third-order valence-electron chi connectivity index (χ3n) is 3.97. The third kappa shape index (κ3) is 3.60. The Balaban J connectivity index is 1.55. The number of benzene rings is 2. The Kier molecular flexibility index (Phi) is 4.81. The van der Waals surface area contributed by atoms with Crippen LogP contribution in [0.25, 0.3) is 15.8 Å². The highest BCUT2D eigenvalue weighted by atomic mass is 32.1. The molecule has 0 atom stereocenters. The van der Waals surface area contributed by atoms with Crippen LogP contribution in [0.5, 0.6) is 0 Å². The van der Waals surface area contributed by atoms with E-state index in [0.717, 1.165) is 10.1 Å². The maximum Gasteiger partial charge on any atom is 0.348 e. The molecule has 0 aliphatic carbocycles. The topological polar surface area (TPSA) is 99.0 Å². The van der Waals surface area contributed by atoms with Crippen LogP contribution in [0, 0.1) is 0 Å². The minimum atomic E-state index is -0.339. The van der Waals surface area contributed by atoms with Crippen molar-refractivity contribution >= 4 is 39.0 Å². The Hall–Kier alpha value is -3.59. The molecule has 2 aromatic carbocycles. The van der Waals surface area contributed by atoms with Gasteiger partial charge in [0.15, 0.2) is 0 Å². The number of tetrazole rings is 1. The number of carbonyl (C=O) groups excluding carboxylic acids is 2. The largest absolute Gasteiger partial charge is 0.462 e. The second-order valence-corrected chi connectivity index (χ2v) is 6.93. The zero-order valence-corrected chi connectivity index (χ0v) is 15.6. The molecule has 1 amide bonds. The summed E-state index contributed by atoms with van der Waals surface area (Å²) >= 11 is 1.36. The van der Waals surface area contributed by atoms with Crippen LogP contribution in [0.4, 0.5) is 5.69 Å². The van der Waals surface area contributed by atoms with Crippen molar-refractivity contribution in [3.05, 3.63) is 65.3 Å². The average Bonchev–Trinajstić information content (AvgIpc) is 3.38. The fraction of sp³-hybridized carbons (Fsp3) is 0.105. The number of anilines is 1. The Morgan fingerprint density at radius 2 is 2.07 bits per heavy atom. The number of nitrogens with zero attached hydrogens (tertiary/aromatic N) is 4. The van der Waals surface area contributed by atoms with Gasteiger partial charge in [-0.25, -0.2) is 9.48 Å². The van der Waals surface area contributed by atoms with Gasteiger partial charge in [-0.2, -0.15) is 0 Å². The number of hydrogen-bond acceptors (Lipinski definition) is 7. The van der Waals surface area contributed by atoms with Crippen molar-refractivity contribution in [2.45, 2.75) is 6.92 Å². The monoisotopic (exact) mass is 393 g/mol. The smallest absolute Gasteiger partial charge is 0.348 e. The molecule has 0 fully saturated rings. The molecule has 4 rings (SSSR count). The summed E-state index contributed by atoms with van der Waals surface area (Å²) in [7, 11) is 0. The number of carbonyl (C=O) groups is 2. The van der Waals surface area contributed by atoms with Gasteiger partial charge in [-0.1, -0.05) is 6.07 Å². The van der Waals surface area contributed by atoms with E-state index in [2.05, 4.69) is 20.8 Å². The standard InChI is InChI=1S/C19H15N5O3S/c1-2-27-19(26)17-10-13-8-14(6-7-16(13)28-17)21-18(25)12-4-3-5-15(9-12)24-11-20-22-23-24/h3-11H,2H2,1H3,(H,21,25). The molecule has 0 unspecified atom stereocenters. The van der Waals surface area contributed by atoms with Crippen LogP contribution in [0.3, 0.4) is 0 Å². The molecule has 8 nitrogen and oxygen atoms in total. The fourth-order valence-electron chi connectivity index (χ4n) is 2.70. The number of amides is 1. The number of fused-ring (bicyclic) bond motifs is 1. The highest BCUT2D eigenvalue weighted by Crippen LogP contribution is 2.29. The van der Waals surface area contributed by atoms with Gasteiger partial charge in [-0.05, 0) is 65.2 Å². The van der Waals surface area contributed by atoms with Gasteiger partial charge >= 0.3 is 5.97 Å². The number of hydrogen-bond donors (Lipinski definition) is 1. The van der Waals surface area contributed by atoms with E-state index in [1.807, 2.05) is 18.2 Å². The van der Waals surface area contributed by atoms with Crippen LogP contribution in [0.2, 0.25) is 0 Å². The molecule has 2 heterocycles. The molecule has 0 spiro atoms. The van der Waals surface area contributed by atoms with Crippen LogP contribution in [0.15, 0.2) is 54.9 Å². The molecule has 0 radical (unpaired) electrons. The van der Waals surface area contributed by atoms with Crippen molar-refractivity contribution < 1.29 is 14.3 Å². The number of aromatic nitrogens is 4. The first kappa shape index (κ1) is 17.8. The van der Waals surface area contributed by atoms with Gasteiger partial charge < -0.3 is 10.1 Å². The number of rotatable bonds is 5. The number of esters is 1. The van der Waals surface area contributed by atoms with Gasteiger partial charge in [0.1, 0.15) is 11.2 Å². The highest BCUT2D eigenvalue weighted by Gasteiger charge is 2.13. The molecular formula is C19H15N5O3S. The lowest BCUT2D eigenvalue weighted by Crippen LogP contribution is -2.12. The Morgan fingerprint density at radius 1 is 1.18 bits per heavy atom. The van der Waals surface area contributed by atoms with Crippen LogP contribution < -0.4 is 5.32 Å². The first-order valence-electron chi connectivity index (χ1n) is 8.49. The first-order chi connectivity index (χ1) is 13.6. The molecule has 28 heavy (non-hydrogen) atoms. The van der Waals surface area contributed by atoms with Gasteiger partial charge in [0.05, 0.1) is 12.3 Å². The van der Waals surface area contributed by atoms with Crippen LogP contribution >= 0.6 is 11.3 Å².